The van der Waals surface area contributed by atoms with Crippen LogP contribution in [0.25, 0.3) is 0 Å². The van der Waals surface area contributed by atoms with E-state index in [0.29, 0.717) is 37.5 Å². The summed E-state index contributed by atoms with van der Waals surface area (Å²) < 4.78 is 27.3. The zero-order valence-electron chi connectivity index (χ0n) is 13.7. The second kappa shape index (κ2) is 6.38. The van der Waals surface area contributed by atoms with Gasteiger partial charge in [-0.3, -0.25) is 4.79 Å². The fourth-order valence-corrected chi connectivity index (χ4v) is 4.94. The SMILES string of the molecule is CCC(=O)N1CCN(S(=O)(=O)c2c(C)cc(C)cc2C)CC1. The van der Waals surface area contributed by atoms with E-state index in [9.17, 15) is 13.2 Å². The molecule has 0 bridgehead atoms. The van der Waals surface area contributed by atoms with Crippen LogP contribution in [-0.2, 0) is 14.8 Å². The lowest BCUT2D eigenvalue weighted by atomic mass is 10.1. The minimum absolute atomic E-state index is 0.0831. The molecular weight excluding hydrogens is 300 g/mol. The van der Waals surface area contributed by atoms with Crippen molar-refractivity contribution in [1.82, 2.24) is 9.21 Å². The Balaban J connectivity index is 2.25. The van der Waals surface area contributed by atoms with E-state index in [1.165, 1.54) is 4.31 Å². The lowest BCUT2D eigenvalue weighted by Crippen LogP contribution is -2.50. The van der Waals surface area contributed by atoms with Crippen LogP contribution in [0.2, 0.25) is 0 Å². The number of benzene rings is 1. The third-order valence-corrected chi connectivity index (χ3v) is 6.30. The maximum atomic E-state index is 12.9. The molecule has 1 amide bonds. The van der Waals surface area contributed by atoms with Gasteiger partial charge in [-0.05, 0) is 31.9 Å². The van der Waals surface area contributed by atoms with E-state index in [2.05, 4.69) is 0 Å². The number of aryl methyl sites for hydroxylation is 3. The second-order valence-corrected chi connectivity index (χ2v) is 7.74. The third-order valence-electron chi connectivity index (χ3n) is 4.10. The van der Waals surface area contributed by atoms with Gasteiger partial charge < -0.3 is 4.90 Å². The number of carbonyl (C=O) groups excluding carboxylic acids is 1. The predicted octanol–water partition coefficient (Wildman–Crippen LogP) is 1.85. The molecule has 1 heterocycles. The van der Waals surface area contributed by atoms with Crippen molar-refractivity contribution in [1.29, 1.82) is 0 Å². The van der Waals surface area contributed by atoms with E-state index in [-0.39, 0.29) is 5.91 Å². The third kappa shape index (κ3) is 3.17. The molecule has 1 saturated heterocycles. The molecule has 1 aromatic carbocycles. The van der Waals surface area contributed by atoms with Crippen molar-refractivity contribution < 1.29 is 13.2 Å². The van der Waals surface area contributed by atoms with Gasteiger partial charge in [-0.25, -0.2) is 8.42 Å². The number of sulfonamides is 1. The molecule has 1 aliphatic rings. The van der Waals surface area contributed by atoms with Crippen LogP contribution in [0.5, 0.6) is 0 Å². The summed E-state index contributed by atoms with van der Waals surface area (Å²) in [6.45, 7) is 9.12. The number of amides is 1. The number of hydrogen-bond donors (Lipinski definition) is 0. The molecule has 0 saturated carbocycles. The van der Waals surface area contributed by atoms with Crippen molar-refractivity contribution in [2.75, 3.05) is 26.2 Å². The summed E-state index contributed by atoms with van der Waals surface area (Å²) in [5.74, 6) is 0.0831. The van der Waals surface area contributed by atoms with Gasteiger partial charge in [0.25, 0.3) is 0 Å². The van der Waals surface area contributed by atoms with E-state index in [4.69, 9.17) is 0 Å². The molecule has 122 valence electrons. The summed E-state index contributed by atoms with van der Waals surface area (Å²) in [5.41, 5.74) is 2.63. The Morgan fingerprint density at radius 3 is 2.00 bits per heavy atom. The van der Waals surface area contributed by atoms with Gasteiger partial charge in [-0.2, -0.15) is 4.31 Å². The number of nitrogens with zero attached hydrogens (tertiary/aromatic N) is 2. The van der Waals surface area contributed by atoms with Crippen molar-refractivity contribution in [2.24, 2.45) is 0 Å². The molecular formula is C16H24N2O3S. The van der Waals surface area contributed by atoms with E-state index in [1.807, 2.05) is 39.8 Å². The highest BCUT2D eigenvalue weighted by atomic mass is 32.2. The average molecular weight is 324 g/mol. The standard InChI is InChI=1S/C16H24N2O3S/c1-5-15(19)17-6-8-18(9-7-17)22(20,21)16-13(3)10-12(2)11-14(16)4/h10-11H,5-9H2,1-4H3. The van der Waals surface area contributed by atoms with Gasteiger partial charge in [0.05, 0.1) is 4.90 Å². The summed E-state index contributed by atoms with van der Waals surface area (Å²) in [5, 5.41) is 0. The molecule has 0 spiro atoms. The van der Waals surface area contributed by atoms with Gasteiger partial charge in [0.1, 0.15) is 0 Å². The molecule has 0 aromatic heterocycles. The maximum absolute atomic E-state index is 12.9. The van der Waals surface area contributed by atoms with Crippen molar-refractivity contribution >= 4 is 15.9 Å². The smallest absolute Gasteiger partial charge is 0.243 e. The number of carbonyl (C=O) groups is 1. The van der Waals surface area contributed by atoms with Gasteiger partial charge in [0.2, 0.25) is 15.9 Å². The molecule has 1 fully saturated rings. The van der Waals surface area contributed by atoms with Gasteiger partial charge in [-0.1, -0.05) is 24.6 Å². The molecule has 2 rings (SSSR count). The Hall–Kier alpha value is -1.40. The Kier molecular flexibility index (Phi) is 4.92. The molecule has 0 aliphatic carbocycles. The first-order valence-electron chi connectivity index (χ1n) is 7.63. The van der Waals surface area contributed by atoms with Crippen LogP contribution in [0, 0.1) is 20.8 Å². The normalized spacial score (nSPS) is 16.8. The molecule has 0 unspecified atom stereocenters. The lowest BCUT2D eigenvalue weighted by molar-refractivity contribution is -0.132. The van der Waals surface area contributed by atoms with Crippen molar-refractivity contribution in [2.45, 2.75) is 39.0 Å². The fourth-order valence-electron chi connectivity index (χ4n) is 3.10. The lowest BCUT2D eigenvalue weighted by Gasteiger charge is -2.34. The van der Waals surface area contributed by atoms with Crippen LogP contribution in [-0.4, -0.2) is 49.7 Å². The monoisotopic (exact) mass is 324 g/mol. The zero-order chi connectivity index (χ0) is 16.5. The molecule has 1 aromatic rings. The van der Waals surface area contributed by atoms with E-state index < -0.39 is 10.0 Å². The molecule has 0 atom stereocenters. The van der Waals surface area contributed by atoms with E-state index >= 15 is 0 Å². The van der Waals surface area contributed by atoms with Crippen molar-refractivity contribution in [3.05, 3.63) is 28.8 Å². The van der Waals surface area contributed by atoms with Gasteiger partial charge >= 0.3 is 0 Å². The van der Waals surface area contributed by atoms with Crippen LogP contribution >= 0.6 is 0 Å². The van der Waals surface area contributed by atoms with Gasteiger partial charge in [0, 0.05) is 32.6 Å². The quantitative estimate of drug-likeness (QED) is 0.853. The number of hydrogen-bond acceptors (Lipinski definition) is 3. The fraction of sp³-hybridized carbons (Fsp3) is 0.562. The summed E-state index contributed by atoms with van der Waals surface area (Å²) in [6.07, 6.45) is 0.461. The predicted molar refractivity (Wildman–Crippen MR) is 86.3 cm³/mol. The topological polar surface area (TPSA) is 57.7 Å². The van der Waals surface area contributed by atoms with Crippen LogP contribution in [0.15, 0.2) is 17.0 Å². The van der Waals surface area contributed by atoms with Crippen LogP contribution in [0.3, 0.4) is 0 Å². The summed E-state index contributed by atoms with van der Waals surface area (Å²) in [4.78, 5) is 13.8. The minimum atomic E-state index is -3.50. The van der Waals surface area contributed by atoms with Crippen LogP contribution in [0.1, 0.15) is 30.0 Å². The Labute approximate surface area is 133 Å². The van der Waals surface area contributed by atoms with Crippen molar-refractivity contribution in [3.8, 4) is 0 Å². The first-order valence-corrected chi connectivity index (χ1v) is 9.07. The van der Waals surface area contributed by atoms with Crippen LogP contribution < -0.4 is 0 Å². The average Bonchev–Trinajstić information content (AvgIpc) is 2.45. The molecule has 5 nitrogen and oxygen atoms in total. The van der Waals surface area contributed by atoms with Crippen LogP contribution in [0.4, 0.5) is 0 Å². The first-order chi connectivity index (χ1) is 10.3. The molecule has 0 N–H and O–H groups in total. The van der Waals surface area contributed by atoms with E-state index in [0.717, 1.165) is 16.7 Å². The Bertz CT molecular complexity index is 652. The zero-order valence-corrected chi connectivity index (χ0v) is 14.5. The highest BCUT2D eigenvalue weighted by molar-refractivity contribution is 7.89. The summed E-state index contributed by atoms with van der Waals surface area (Å²) in [7, 11) is -3.50. The Morgan fingerprint density at radius 2 is 1.55 bits per heavy atom. The molecule has 22 heavy (non-hydrogen) atoms. The number of rotatable bonds is 3. The van der Waals surface area contributed by atoms with Crippen molar-refractivity contribution in [3.63, 3.8) is 0 Å². The van der Waals surface area contributed by atoms with E-state index in [1.54, 1.807) is 4.90 Å². The van der Waals surface area contributed by atoms with Gasteiger partial charge in [0.15, 0.2) is 0 Å². The molecule has 6 heteroatoms. The largest absolute Gasteiger partial charge is 0.340 e. The number of piperazine rings is 1. The minimum Gasteiger partial charge on any atom is -0.340 e. The van der Waals surface area contributed by atoms with Gasteiger partial charge in [-0.15, -0.1) is 0 Å². The molecule has 1 aliphatic heterocycles. The highest BCUT2D eigenvalue weighted by Crippen LogP contribution is 2.26. The Morgan fingerprint density at radius 1 is 1.05 bits per heavy atom. The second-order valence-electron chi connectivity index (χ2n) is 5.87. The molecule has 0 radical (unpaired) electrons. The highest BCUT2D eigenvalue weighted by Gasteiger charge is 2.31. The first kappa shape index (κ1) is 17.0. The summed E-state index contributed by atoms with van der Waals surface area (Å²) >= 11 is 0. The summed E-state index contributed by atoms with van der Waals surface area (Å²) in [6, 6.07) is 3.80. The maximum Gasteiger partial charge on any atom is 0.243 e.